The van der Waals surface area contributed by atoms with Crippen LogP contribution in [-0.4, -0.2) is 30.6 Å². The van der Waals surface area contributed by atoms with Gasteiger partial charge in [0.1, 0.15) is 0 Å². The van der Waals surface area contributed by atoms with Gasteiger partial charge >= 0.3 is 0 Å². The molecular formula is C12H20N4O2. The first-order valence-electron chi connectivity index (χ1n) is 5.93. The van der Waals surface area contributed by atoms with Crippen LogP contribution in [0.25, 0.3) is 0 Å². The van der Waals surface area contributed by atoms with E-state index < -0.39 is 0 Å². The van der Waals surface area contributed by atoms with Crippen molar-refractivity contribution in [3.05, 3.63) is 24.0 Å². The van der Waals surface area contributed by atoms with Crippen LogP contribution in [0, 0.1) is 0 Å². The zero-order valence-corrected chi connectivity index (χ0v) is 10.8. The van der Waals surface area contributed by atoms with Crippen LogP contribution in [0.3, 0.4) is 0 Å². The number of nitrogen functional groups attached to an aromatic ring is 1. The number of amides is 1. The number of hydrogen-bond acceptors (Lipinski definition) is 5. The lowest BCUT2D eigenvalue weighted by Gasteiger charge is -2.18. The molecule has 0 saturated carbocycles. The molecule has 6 heteroatoms. The first kappa shape index (κ1) is 14.4. The van der Waals surface area contributed by atoms with E-state index >= 15 is 0 Å². The molecule has 1 atom stereocenters. The SMILES string of the molecule is CCCC(COC)NC(=O)c1ccncc1NN. The second-order valence-electron chi connectivity index (χ2n) is 3.98. The summed E-state index contributed by atoms with van der Waals surface area (Å²) in [6, 6.07) is 1.63. The average molecular weight is 252 g/mol. The Bertz CT molecular complexity index is 378. The Morgan fingerprint density at radius 3 is 3.00 bits per heavy atom. The molecule has 100 valence electrons. The van der Waals surface area contributed by atoms with Crippen LogP contribution in [0.1, 0.15) is 30.1 Å². The van der Waals surface area contributed by atoms with E-state index in [0.717, 1.165) is 12.8 Å². The molecule has 0 spiro atoms. The first-order chi connectivity index (χ1) is 8.72. The van der Waals surface area contributed by atoms with Crippen LogP contribution in [0.15, 0.2) is 18.5 Å². The van der Waals surface area contributed by atoms with E-state index in [1.807, 2.05) is 0 Å². The fraction of sp³-hybridized carbons (Fsp3) is 0.500. The summed E-state index contributed by atoms with van der Waals surface area (Å²) in [5, 5.41) is 2.92. The highest BCUT2D eigenvalue weighted by Crippen LogP contribution is 2.12. The quantitative estimate of drug-likeness (QED) is 0.496. The lowest BCUT2D eigenvalue weighted by Crippen LogP contribution is -2.38. The number of carbonyl (C=O) groups is 1. The van der Waals surface area contributed by atoms with Gasteiger partial charge in [0.2, 0.25) is 0 Å². The highest BCUT2D eigenvalue weighted by molar-refractivity contribution is 5.99. The van der Waals surface area contributed by atoms with Crippen LogP contribution in [-0.2, 0) is 4.74 Å². The molecule has 0 saturated heterocycles. The number of anilines is 1. The number of rotatable bonds is 7. The van der Waals surface area contributed by atoms with Crippen molar-refractivity contribution in [1.29, 1.82) is 0 Å². The van der Waals surface area contributed by atoms with Gasteiger partial charge in [0, 0.05) is 13.3 Å². The smallest absolute Gasteiger partial charge is 0.253 e. The van der Waals surface area contributed by atoms with E-state index in [1.165, 1.54) is 6.20 Å². The topological polar surface area (TPSA) is 89.3 Å². The number of methoxy groups -OCH3 is 1. The monoisotopic (exact) mass is 252 g/mol. The van der Waals surface area contributed by atoms with Crippen LogP contribution in [0.2, 0.25) is 0 Å². The molecule has 0 aliphatic heterocycles. The molecule has 0 bridgehead atoms. The van der Waals surface area contributed by atoms with Gasteiger partial charge in [0.25, 0.3) is 5.91 Å². The number of aromatic nitrogens is 1. The van der Waals surface area contributed by atoms with Crippen molar-refractivity contribution in [2.75, 3.05) is 19.1 Å². The van der Waals surface area contributed by atoms with Crippen LogP contribution >= 0.6 is 0 Å². The number of hydrogen-bond donors (Lipinski definition) is 3. The third-order valence-corrected chi connectivity index (χ3v) is 2.56. The Morgan fingerprint density at radius 1 is 1.61 bits per heavy atom. The summed E-state index contributed by atoms with van der Waals surface area (Å²) < 4.78 is 5.08. The molecule has 1 amide bonds. The van der Waals surface area contributed by atoms with E-state index in [0.29, 0.717) is 17.9 Å². The minimum atomic E-state index is -0.180. The Morgan fingerprint density at radius 2 is 2.39 bits per heavy atom. The highest BCUT2D eigenvalue weighted by Gasteiger charge is 2.15. The molecule has 0 aliphatic rings. The maximum Gasteiger partial charge on any atom is 0.253 e. The fourth-order valence-corrected chi connectivity index (χ4v) is 1.72. The molecule has 1 rings (SSSR count). The molecule has 1 aromatic heterocycles. The molecule has 4 N–H and O–H groups in total. The Hall–Kier alpha value is -1.66. The number of nitrogens with one attached hydrogen (secondary N) is 2. The molecule has 6 nitrogen and oxygen atoms in total. The zero-order valence-electron chi connectivity index (χ0n) is 10.8. The van der Waals surface area contributed by atoms with Crippen molar-refractivity contribution in [3.8, 4) is 0 Å². The number of nitrogens with two attached hydrogens (primary N) is 1. The lowest BCUT2D eigenvalue weighted by molar-refractivity contribution is 0.0892. The second-order valence-corrected chi connectivity index (χ2v) is 3.98. The van der Waals surface area contributed by atoms with E-state index in [2.05, 4.69) is 22.7 Å². The molecule has 1 aromatic rings. The van der Waals surface area contributed by atoms with Crippen molar-refractivity contribution >= 4 is 11.6 Å². The number of nitrogens with zero attached hydrogens (tertiary/aromatic N) is 1. The largest absolute Gasteiger partial charge is 0.383 e. The van der Waals surface area contributed by atoms with Gasteiger partial charge in [-0.15, -0.1) is 0 Å². The maximum atomic E-state index is 12.1. The van der Waals surface area contributed by atoms with Gasteiger partial charge in [-0.25, -0.2) is 0 Å². The summed E-state index contributed by atoms with van der Waals surface area (Å²) in [5.41, 5.74) is 3.44. The van der Waals surface area contributed by atoms with Gasteiger partial charge < -0.3 is 15.5 Å². The van der Waals surface area contributed by atoms with E-state index in [1.54, 1.807) is 19.4 Å². The first-order valence-corrected chi connectivity index (χ1v) is 5.93. The third-order valence-electron chi connectivity index (χ3n) is 2.56. The zero-order chi connectivity index (χ0) is 13.4. The van der Waals surface area contributed by atoms with Gasteiger partial charge in [-0.05, 0) is 12.5 Å². The summed E-state index contributed by atoms with van der Waals surface area (Å²) in [5.74, 6) is 5.16. The fourth-order valence-electron chi connectivity index (χ4n) is 1.72. The van der Waals surface area contributed by atoms with E-state index in [4.69, 9.17) is 10.6 Å². The molecular weight excluding hydrogens is 232 g/mol. The molecule has 0 aromatic carbocycles. The average Bonchev–Trinajstić information content (AvgIpc) is 2.39. The lowest BCUT2D eigenvalue weighted by atomic mass is 10.1. The Kier molecular flexibility index (Phi) is 6.10. The minimum Gasteiger partial charge on any atom is -0.383 e. The van der Waals surface area contributed by atoms with Crippen molar-refractivity contribution in [2.24, 2.45) is 5.84 Å². The van der Waals surface area contributed by atoms with Crippen molar-refractivity contribution in [3.63, 3.8) is 0 Å². The minimum absolute atomic E-state index is 0.00582. The van der Waals surface area contributed by atoms with Crippen molar-refractivity contribution in [1.82, 2.24) is 10.3 Å². The van der Waals surface area contributed by atoms with Crippen molar-refractivity contribution < 1.29 is 9.53 Å². The normalized spacial score (nSPS) is 11.9. The number of carbonyl (C=O) groups excluding carboxylic acids is 1. The van der Waals surface area contributed by atoms with Crippen LogP contribution in [0.5, 0.6) is 0 Å². The summed E-state index contributed by atoms with van der Waals surface area (Å²) in [6.07, 6.45) is 4.92. The van der Waals surface area contributed by atoms with Crippen LogP contribution in [0.4, 0.5) is 5.69 Å². The molecule has 1 heterocycles. The third kappa shape index (κ3) is 3.97. The summed E-state index contributed by atoms with van der Waals surface area (Å²) in [6.45, 7) is 2.56. The number of pyridine rings is 1. The van der Waals surface area contributed by atoms with Gasteiger partial charge in [-0.2, -0.15) is 0 Å². The number of ether oxygens (including phenoxy) is 1. The summed E-state index contributed by atoms with van der Waals surface area (Å²) in [7, 11) is 1.62. The predicted molar refractivity (Wildman–Crippen MR) is 70.1 cm³/mol. The van der Waals surface area contributed by atoms with Gasteiger partial charge in [-0.3, -0.25) is 15.6 Å². The van der Waals surface area contributed by atoms with E-state index in [-0.39, 0.29) is 11.9 Å². The van der Waals surface area contributed by atoms with E-state index in [9.17, 15) is 4.79 Å². The second kappa shape index (κ2) is 7.62. The van der Waals surface area contributed by atoms with Gasteiger partial charge in [0.05, 0.1) is 30.1 Å². The highest BCUT2D eigenvalue weighted by atomic mass is 16.5. The molecule has 18 heavy (non-hydrogen) atoms. The molecule has 0 radical (unpaired) electrons. The molecule has 0 fully saturated rings. The summed E-state index contributed by atoms with van der Waals surface area (Å²) in [4.78, 5) is 16.0. The predicted octanol–water partition coefficient (Wildman–Crippen LogP) is 0.912. The van der Waals surface area contributed by atoms with Crippen molar-refractivity contribution in [2.45, 2.75) is 25.8 Å². The summed E-state index contributed by atoms with van der Waals surface area (Å²) >= 11 is 0. The Labute approximate surface area is 107 Å². The van der Waals surface area contributed by atoms with Crippen LogP contribution < -0.4 is 16.6 Å². The molecule has 1 unspecified atom stereocenters. The van der Waals surface area contributed by atoms with Gasteiger partial charge in [0.15, 0.2) is 0 Å². The Balaban J connectivity index is 2.73. The standard InChI is InChI=1S/C12H20N4O2/c1-3-4-9(8-18-2)15-12(17)10-5-6-14-7-11(10)16-13/h5-7,9,16H,3-4,8,13H2,1-2H3,(H,15,17). The molecule has 0 aliphatic carbocycles. The van der Waals surface area contributed by atoms with Gasteiger partial charge in [-0.1, -0.05) is 13.3 Å². The number of hydrazine groups is 1. The maximum absolute atomic E-state index is 12.1.